The van der Waals surface area contributed by atoms with Gasteiger partial charge in [0.2, 0.25) is 0 Å². The Kier molecular flexibility index (Phi) is 8.23. The van der Waals surface area contributed by atoms with Gasteiger partial charge in [-0.1, -0.05) is 23.9 Å². The fraction of sp³-hybridized carbons (Fsp3) is 0.455. The molecular weight excluding hydrogens is 494 g/mol. The Balaban J connectivity index is 1.50. The molecule has 1 aliphatic heterocycles. The number of aromatic nitrogens is 4. The van der Waals surface area contributed by atoms with Crippen LogP contribution in [0.3, 0.4) is 0 Å². The molecular formula is C22H27N5O8S. The Morgan fingerprint density at radius 2 is 2.06 bits per heavy atom. The first kappa shape index (κ1) is 26.1. The van der Waals surface area contributed by atoms with Gasteiger partial charge in [0.1, 0.15) is 42.6 Å². The number of nitrogens with two attached hydrogens (primary N) is 1. The van der Waals surface area contributed by atoms with Gasteiger partial charge in [-0.3, -0.25) is 4.57 Å². The van der Waals surface area contributed by atoms with Gasteiger partial charge in [0.25, 0.3) is 0 Å². The van der Waals surface area contributed by atoms with Crippen molar-refractivity contribution in [3.05, 3.63) is 36.2 Å². The molecule has 1 aromatic carbocycles. The first-order valence-corrected chi connectivity index (χ1v) is 12.1. The molecule has 36 heavy (non-hydrogen) atoms. The maximum Gasteiger partial charge on any atom is 0.341 e. The third kappa shape index (κ3) is 5.23. The van der Waals surface area contributed by atoms with Gasteiger partial charge in [0.15, 0.2) is 28.4 Å². The smallest absolute Gasteiger partial charge is 0.341 e. The highest BCUT2D eigenvalue weighted by Gasteiger charge is 2.45. The summed E-state index contributed by atoms with van der Waals surface area (Å²) in [5.74, 6) is -0.0380. The number of carbonyl (C=O) groups excluding carboxylic acids is 1. The molecule has 13 nitrogen and oxygen atoms in total. The van der Waals surface area contributed by atoms with Crippen molar-refractivity contribution < 1.29 is 39.4 Å². The molecule has 1 saturated heterocycles. The summed E-state index contributed by atoms with van der Waals surface area (Å²) in [5, 5.41) is 41.1. The van der Waals surface area contributed by atoms with Gasteiger partial charge in [-0.05, 0) is 19.1 Å². The number of nitrogens with zero attached hydrogens (tertiary/aromatic N) is 4. The van der Waals surface area contributed by atoms with E-state index in [4.69, 9.17) is 19.9 Å². The molecule has 6 N–H and O–H groups in total. The van der Waals surface area contributed by atoms with E-state index >= 15 is 0 Å². The molecule has 1 unspecified atom stereocenters. The van der Waals surface area contributed by atoms with E-state index in [9.17, 15) is 25.2 Å². The summed E-state index contributed by atoms with van der Waals surface area (Å²) in [4.78, 5) is 24.7. The maximum atomic E-state index is 12.1. The van der Waals surface area contributed by atoms with Crippen LogP contribution < -0.4 is 10.5 Å². The fourth-order valence-electron chi connectivity index (χ4n) is 3.71. The molecule has 5 atom stereocenters. The molecule has 3 aromatic rings. The van der Waals surface area contributed by atoms with Crippen molar-refractivity contribution in [3.63, 3.8) is 0 Å². The predicted octanol–water partition coefficient (Wildman–Crippen LogP) is -0.271. The van der Waals surface area contributed by atoms with Crippen molar-refractivity contribution in [3.8, 4) is 5.75 Å². The Morgan fingerprint density at radius 3 is 2.78 bits per heavy atom. The third-order valence-electron chi connectivity index (χ3n) is 5.46. The average Bonchev–Trinajstić information content (AvgIpc) is 3.39. The summed E-state index contributed by atoms with van der Waals surface area (Å²) in [6, 6.07) is 6.56. The van der Waals surface area contributed by atoms with Crippen molar-refractivity contribution >= 4 is 34.7 Å². The molecule has 0 bridgehead atoms. The zero-order valence-electron chi connectivity index (χ0n) is 19.3. The van der Waals surface area contributed by atoms with Crippen LogP contribution in [0.1, 0.15) is 23.5 Å². The number of rotatable bonds is 10. The number of hydrogen-bond acceptors (Lipinski definition) is 13. The SMILES string of the molecule is CCOC(=O)c1ccccc1OCC(O)CSc1nc2c(N)ncnc2n1[C@@H]1O[C@H](CO)[C@@H](O)[C@H]1O. The Bertz CT molecular complexity index is 1210. The summed E-state index contributed by atoms with van der Waals surface area (Å²) in [6.45, 7) is 1.30. The zero-order valence-corrected chi connectivity index (χ0v) is 20.1. The monoisotopic (exact) mass is 521 g/mol. The largest absolute Gasteiger partial charge is 0.490 e. The van der Waals surface area contributed by atoms with Crippen LogP contribution in [0, 0.1) is 0 Å². The predicted molar refractivity (Wildman–Crippen MR) is 127 cm³/mol. The van der Waals surface area contributed by atoms with Gasteiger partial charge in [-0.25, -0.2) is 19.7 Å². The van der Waals surface area contributed by atoms with Crippen LogP contribution in [-0.2, 0) is 9.47 Å². The van der Waals surface area contributed by atoms with E-state index in [0.717, 1.165) is 11.8 Å². The normalized spacial score (nSPS) is 22.6. The molecule has 1 fully saturated rings. The molecule has 14 heteroatoms. The third-order valence-corrected chi connectivity index (χ3v) is 6.56. The molecule has 0 aliphatic carbocycles. The Morgan fingerprint density at radius 1 is 1.28 bits per heavy atom. The first-order chi connectivity index (χ1) is 17.3. The number of nitrogen functional groups attached to an aromatic ring is 1. The van der Waals surface area contributed by atoms with Gasteiger partial charge in [0.05, 0.1) is 19.3 Å². The molecule has 194 valence electrons. The second-order valence-electron chi connectivity index (χ2n) is 7.92. The molecule has 0 spiro atoms. The number of fused-ring (bicyclic) bond motifs is 1. The van der Waals surface area contributed by atoms with Gasteiger partial charge in [-0.2, -0.15) is 0 Å². The van der Waals surface area contributed by atoms with E-state index in [2.05, 4.69) is 15.0 Å². The highest BCUT2D eigenvalue weighted by atomic mass is 32.2. The fourth-order valence-corrected chi connectivity index (χ4v) is 4.63. The van der Waals surface area contributed by atoms with Crippen LogP contribution in [0.25, 0.3) is 11.2 Å². The average molecular weight is 522 g/mol. The Labute approximate surface area is 209 Å². The summed E-state index contributed by atoms with van der Waals surface area (Å²) in [5.41, 5.74) is 6.71. The van der Waals surface area contributed by atoms with Gasteiger partial charge < -0.3 is 40.4 Å². The summed E-state index contributed by atoms with van der Waals surface area (Å²) in [7, 11) is 0. The highest BCUT2D eigenvalue weighted by molar-refractivity contribution is 7.99. The first-order valence-electron chi connectivity index (χ1n) is 11.2. The molecule has 4 rings (SSSR count). The van der Waals surface area contributed by atoms with Crippen molar-refractivity contribution in [2.24, 2.45) is 0 Å². The number of ether oxygens (including phenoxy) is 3. The lowest BCUT2D eigenvalue weighted by Crippen LogP contribution is -2.33. The minimum Gasteiger partial charge on any atom is -0.490 e. The van der Waals surface area contributed by atoms with E-state index in [1.807, 2.05) is 0 Å². The number of thioether (sulfide) groups is 1. The number of anilines is 1. The minimum absolute atomic E-state index is 0.104. The summed E-state index contributed by atoms with van der Waals surface area (Å²) in [6.07, 6.45) is -4.56. The number of hydrogen-bond donors (Lipinski definition) is 5. The summed E-state index contributed by atoms with van der Waals surface area (Å²) < 4.78 is 17.8. The molecule has 0 radical (unpaired) electrons. The van der Waals surface area contributed by atoms with Gasteiger partial charge in [0, 0.05) is 5.75 Å². The maximum absolute atomic E-state index is 12.1. The van der Waals surface area contributed by atoms with Crippen LogP contribution in [0.15, 0.2) is 35.7 Å². The van der Waals surface area contributed by atoms with E-state index in [-0.39, 0.29) is 52.4 Å². The Hall–Kier alpha value is -3.01. The number of esters is 1. The van der Waals surface area contributed by atoms with Crippen LogP contribution in [0.4, 0.5) is 5.82 Å². The topological polar surface area (TPSA) is 195 Å². The highest BCUT2D eigenvalue weighted by Crippen LogP contribution is 2.36. The lowest BCUT2D eigenvalue weighted by Gasteiger charge is -2.19. The number of benzene rings is 1. The quantitative estimate of drug-likeness (QED) is 0.173. The standard InChI is InChI=1S/C22H27N5O8S/c1-2-33-21(32)12-5-3-4-6-13(12)34-8-11(29)9-36-22-26-15-18(23)24-10-25-19(15)27(22)20-17(31)16(30)14(7-28)35-20/h3-6,10-11,14,16-17,20,28-31H,2,7-9H2,1H3,(H2,23,24,25)/t11?,14-,16-,17-,20-/m1/s1. The van der Waals surface area contributed by atoms with Crippen LogP contribution in [0.5, 0.6) is 5.75 Å². The number of carbonyl (C=O) groups is 1. The lowest BCUT2D eigenvalue weighted by molar-refractivity contribution is -0.0548. The second kappa shape index (κ2) is 11.4. The molecule has 2 aromatic heterocycles. The zero-order chi connectivity index (χ0) is 25.8. The number of imidazole rings is 1. The number of aliphatic hydroxyl groups excluding tert-OH is 4. The van der Waals surface area contributed by atoms with Crippen molar-refractivity contribution in [1.82, 2.24) is 19.5 Å². The molecule has 1 aliphatic rings. The van der Waals surface area contributed by atoms with Crippen LogP contribution >= 0.6 is 11.8 Å². The number of aliphatic hydroxyl groups is 4. The van der Waals surface area contributed by atoms with E-state index in [1.54, 1.807) is 31.2 Å². The molecule has 3 heterocycles. The van der Waals surface area contributed by atoms with Crippen molar-refractivity contribution in [2.45, 2.75) is 42.7 Å². The minimum atomic E-state index is -1.37. The molecule has 0 amide bonds. The second-order valence-corrected chi connectivity index (χ2v) is 8.90. The van der Waals surface area contributed by atoms with Crippen LogP contribution in [0.2, 0.25) is 0 Å². The molecule has 0 saturated carbocycles. The summed E-state index contributed by atoms with van der Waals surface area (Å²) >= 11 is 1.11. The van der Waals surface area contributed by atoms with Gasteiger partial charge >= 0.3 is 5.97 Å². The van der Waals surface area contributed by atoms with Crippen LogP contribution in [-0.4, -0.2) is 95.9 Å². The van der Waals surface area contributed by atoms with E-state index < -0.39 is 43.2 Å². The lowest BCUT2D eigenvalue weighted by atomic mass is 10.1. The van der Waals surface area contributed by atoms with Crippen molar-refractivity contribution in [2.75, 3.05) is 31.3 Å². The number of para-hydroxylation sites is 1. The van der Waals surface area contributed by atoms with E-state index in [0.29, 0.717) is 0 Å². The van der Waals surface area contributed by atoms with Crippen molar-refractivity contribution in [1.29, 1.82) is 0 Å². The van der Waals surface area contributed by atoms with Gasteiger partial charge in [-0.15, -0.1) is 0 Å². The van der Waals surface area contributed by atoms with E-state index in [1.165, 1.54) is 10.9 Å².